The van der Waals surface area contributed by atoms with Crippen LogP contribution in [0, 0.1) is 24.1 Å². The van der Waals surface area contributed by atoms with Gasteiger partial charge in [0, 0.05) is 23.2 Å². The lowest BCUT2D eigenvalue weighted by Crippen LogP contribution is -2.39. The van der Waals surface area contributed by atoms with Crippen LogP contribution in [0.5, 0.6) is 0 Å². The minimum Gasteiger partial charge on any atom is -0.346 e. The zero-order chi connectivity index (χ0) is 21.2. The first kappa shape index (κ1) is 18.8. The van der Waals surface area contributed by atoms with E-state index in [2.05, 4.69) is 36.1 Å². The van der Waals surface area contributed by atoms with Crippen molar-refractivity contribution >= 4 is 6.08 Å². The number of hydrogen-bond donors (Lipinski definition) is 1. The summed E-state index contributed by atoms with van der Waals surface area (Å²) in [5.41, 5.74) is 7.61. The fourth-order valence-corrected chi connectivity index (χ4v) is 6.16. The van der Waals surface area contributed by atoms with Crippen molar-refractivity contribution in [2.45, 2.75) is 51.9 Å². The van der Waals surface area contributed by atoms with Crippen LogP contribution in [-0.4, -0.2) is 19.7 Å². The zero-order valence-corrected chi connectivity index (χ0v) is 18.0. The SMILES string of the molecule is Cc1cnc([C@H]2CCC=C3[C@@H]2CCC2=Cc4c(cnn4-c4ccc(F)cc4)C[C@@]23C)[nH]1. The topological polar surface area (TPSA) is 46.5 Å². The van der Waals surface area contributed by atoms with Gasteiger partial charge in [-0.05, 0) is 80.9 Å². The predicted octanol–water partition coefficient (Wildman–Crippen LogP) is 5.90. The van der Waals surface area contributed by atoms with Crippen molar-refractivity contribution < 1.29 is 4.39 Å². The first-order valence-corrected chi connectivity index (χ1v) is 11.3. The standard InChI is InChI=1S/C26H27FN4/c1-16-14-28-25(30-16)22-4-3-5-23-21(22)11-6-18-12-24-17(13-26(18,23)2)15-29-31(24)20-9-7-19(27)8-10-20/h5,7-10,12,14-15,21-22H,3-4,6,11,13H2,1-2H3,(H,28,30)/t21-,22+,26+/m1/s1. The number of nitrogens with zero attached hydrogens (tertiary/aromatic N) is 3. The highest BCUT2D eigenvalue weighted by molar-refractivity contribution is 5.63. The summed E-state index contributed by atoms with van der Waals surface area (Å²) in [6.07, 6.45) is 14.3. The molecule has 2 heterocycles. The number of nitrogens with one attached hydrogen (secondary N) is 1. The molecule has 6 rings (SSSR count). The smallest absolute Gasteiger partial charge is 0.123 e. The second-order valence-corrected chi connectivity index (χ2v) is 9.56. The molecular formula is C26H27FN4. The Morgan fingerprint density at radius 2 is 1.97 bits per heavy atom. The molecule has 158 valence electrons. The number of aryl methyl sites for hydroxylation is 1. The maximum absolute atomic E-state index is 13.4. The molecule has 0 radical (unpaired) electrons. The number of aromatic amines is 1. The molecular weight excluding hydrogens is 387 g/mol. The van der Waals surface area contributed by atoms with Crippen molar-refractivity contribution in [1.82, 2.24) is 19.7 Å². The summed E-state index contributed by atoms with van der Waals surface area (Å²) in [6.45, 7) is 4.51. The fourth-order valence-electron chi connectivity index (χ4n) is 6.16. The average molecular weight is 415 g/mol. The van der Waals surface area contributed by atoms with Gasteiger partial charge in [-0.3, -0.25) is 0 Å². The van der Waals surface area contributed by atoms with Gasteiger partial charge in [0.2, 0.25) is 0 Å². The molecule has 5 heteroatoms. The van der Waals surface area contributed by atoms with Crippen molar-refractivity contribution in [1.29, 1.82) is 0 Å². The number of benzene rings is 1. The third-order valence-corrected chi connectivity index (χ3v) is 7.68. The third-order valence-electron chi connectivity index (χ3n) is 7.68. The molecule has 0 saturated heterocycles. The van der Waals surface area contributed by atoms with Crippen LogP contribution in [-0.2, 0) is 6.42 Å². The van der Waals surface area contributed by atoms with Crippen LogP contribution in [0.4, 0.5) is 4.39 Å². The summed E-state index contributed by atoms with van der Waals surface area (Å²) < 4.78 is 15.4. The van der Waals surface area contributed by atoms with E-state index in [1.807, 2.05) is 17.1 Å². The van der Waals surface area contributed by atoms with E-state index >= 15 is 0 Å². The second-order valence-electron chi connectivity index (χ2n) is 9.56. The van der Waals surface area contributed by atoms with Crippen molar-refractivity contribution in [2.24, 2.45) is 11.3 Å². The Labute approximate surface area is 181 Å². The fraction of sp³-hybridized carbons (Fsp3) is 0.385. The van der Waals surface area contributed by atoms with Crippen LogP contribution in [0.2, 0.25) is 0 Å². The summed E-state index contributed by atoms with van der Waals surface area (Å²) in [6, 6.07) is 6.59. The molecule has 0 amide bonds. The van der Waals surface area contributed by atoms with E-state index in [0.29, 0.717) is 11.8 Å². The number of hydrogen-bond acceptors (Lipinski definition) is 2. The van der Waals surface area contributed by atoms with Gasteiger partial charge in [0.15, 0.2) is 0 Å². The van der Waals surface area contributed by atoms with Crippen molar-refractivity contribution in [3.63, 3.8) is 0 Å². The number of halogens is 1. The van der Waals surface area contributed by atoms with Gasteiger partial charge in [0.05, 0.1) is 17.6 Å². The minimum absolute atomic E-state index is 0.0485. The molecule has 3 aromatic rings. The van der Waals surface area contributed by atoms with E-state index < -0.39 is 0 Å². The molecule has 0 spiro atoms. The molecule has 1 fully saturated rings. The van der Waals surface area contributed by atoms with Gasteiger partial charge < -0.3 is 4.98 Å². The molecule has 0 bridgehead atoms. The summed E-state index contributed by atoms with van der Waals surface area (Å²) >= 11 is 0. The number of rotatable bonds is 2. The van der Waals surface area contributed by atoms with Crippen LogP contribution in [0.15, 0.2) is 53.9 Å². The second kappa shape index (κ2) is 6.78. The predicted molar refractivity (Wildman–Crippen MR) is 119 cm³/mol. The first-order chi connectivity index (χ1) is 15.0. The van der Waals surface area contributed by atoms with Gasteiger partial charge in [0.25, 0.3) is 0 Å². The van der Waals surface area contributed by atoms with Crippen LogP contribution in [0.25, 0.3) is 11.8 Å². The molecule has 31 heavy (non-hydrogen) atoms. The molecule has 0 unspecified atom stereocenters. The monoisotopic (exact) mass is 414 g/mol. The van der Waals surface area contributed by atoms with E-state index in [1.165, 1.54) is 29.7 Å². The lowest BCUT2D eigenvalue weighted by Gasteiger charge is -2.49. The molecule has 4 nitrogen and oxygen atoms in total. The highest BCUT2D eigenvalue weighted by Gasteiger charge is 2.47. The van der Waals surface area contributed by atoms with Gasteiger partial charge in [-0.25, -0.2) is 14.1 Å². The van der Waals surface area contributed by atoms with Crippen LogP contribution in [0.1, 0.15) is 61.3 Å². The Kier molecular flexibility index (Phi) is 4.11. The van der Waals surface area contributed by atoms with E-state index in [0.717, 1.165) is 48.6 Å². The van der Waals surface area contributed by atoms with Gasteiger partial charge >= 0.3 is 0 Å². The summed E-state index contributed by atoms with van der Waals surface area (Å²) in [5, 5.41) is 4.67. The Morgan fingerprint density at radius 3 is 2.74 bits per heavy atom. The number of H-pyrrole nitrogens is 1. The number of fused-ring (bicyclic) bond motifs is 4. The Balaban J connectivity index is 1.38. The van der Waals surface area contributed by atoms with E-state index in [4.69, 9.17) is 4.98 Å². The van der Waals surface area contributed by atoms with E-state index in [-0.39, 0.29) is 11.2 Å². The summed E-state index contributed by atoms with van der Waals surface area (Å²) in [7, 11) is 0. The lowest BCUT2D eigenvalue weighted by atomic mass is 9.55. The number of aromatic nitrogens is 4. The van der Waals surface area contributed by atoms with Gasteiger partial charge in [0.1, 0.15) is 11.6 Å². The average Bonchev–Trinajstić information content (AvgIpc) is 3.38. The molecule has 1 aromatic carbocycles. The molecule has 3 aliphatic carbocycles. The first-order valence-electron chi connectivity index (χ1n) is 11.3. The molecule has 3 aliphatic rings. The van der Waals surface area contributed by atoms with Crippen LogP contribution in [0.3, 0.4) is 0 Å². The normalized spacial score (nSPS) is 27.1. The highest BCUT2D eigenvalue weighted by Crippen LogP contribution is 2.57. The van der Waals surface area contributed by atoms with Gasteiger partial charge in [-0.2, -0.15) is 5.10 Å². The Hall–Kier alpha value is -2.95. The van der Waals surface area contributed by atoms with E-state index in [1.54, 1.807) is 17.7 Å². The molecule has 1 saturated carbocycles. The number of imidazole rings is 1. The minimum atomic E-state index is -0.223. The maximum atomic E-state index is 13.4. The van der Waals surface area contributed by atoms with Crippen LogP contribution >= 0.6 is 0 Å². The Morgan fingerprint density at radius 1 is 1.13 bits per heavy atom. The zero-order valence-electron chi connectivity index (χ0n) is 18.0. The summed E-state index contributed by atoms with van der Waals surface area (Å²) in [5.74, 6) is 1.97. The highest BCUT2D eigenvalue weighted by atomic mass is 19.1. The molecule has 3 atom stereocenters. The Bertz CT molecular complexity index is 1210. The van der Waals surface area contributed by atoms with Gasteiger partial charge in [-0.1, -0.05) is 24.1 Å². The molecule has 1 N–H and O–H groups in total. The largest absolute Gasteiger partial charge is 0.346 e. The van der Waals surface area contributed by atoms with Gasteiger partial charge in [-0.15, -0.1) is 0 Å². The van der Waals surface area contributed by atoms with Crippen molar-refractivity contribution in [2.75, 3.05) is 0 Å². The quantitative estimate of drug-likeness (QED) is 0.531. The van der Waals surface area contributed by atoms with Crippen molar-refractivity contribution in [3.8, 4) is 5.69 Å². The summed E-state index contributed by atoms with van der Waals surface area (Å²) in [4.78, 5) is 8.21. The number of allylic oxidation sites excluding steroid dienone is 3. The molecule has 2 aromatic heterocycles. The third kappa shape index (κ3) is 2.86. The molecule has 0 aliphatic heterocycles. The van der Waals surface area contributed by atoms with E-state index in [9.17, 15) is 4.39 Å². The van der Waals surface area contributed by atoms with Crippen molar-refractivity contribution in [3.05, 3.63) is 82.5 Å². The maximum Gasteiger partial charge on any atom is 0.123 e. The van der Waals surface area contributed by atoms with Crippen LogP contribution < -0.4 is 0 Å². The lowest BCUT2D eigenvalue weighted by molar-refractivity contribution is 0.276.